The van der Waals surface area contributed by atoms with Crippen LogP contribution in [0.15, 0.2) is 18.2 Å². The zero-order chi connectivity index (χ0) is 15.7. The quantitative estimate of drug-likeness (QED) is 0.779. The summed E-state index contributed by atoms with van der Waals surface area (Å²) in [5.74, 6) is -8.93. The lowest BCUT2D eigenvalue weighted by molar-refractivity contribution is -0.274. The molecule has 9 heteroatoms. The van der Waals surface area contributed by atoms with Gasteiger partial charge in [-0.2, -0.15) is 22.0 Å². The van der Waals surface area contributed by atoms with Gasteiger partial charge in [0, 0.05) is 24.2 Å². The van der Waals surface area contributed by atoms with E-state index in [-0.39, 0.29) is 15.5 Å². The standard InChI is InChI=1S/C11H8ClF6NO/c1-19(9(20)10(14,15)11(16,17)18)5-6-7(12)3-2-4-8(6)13/h2-4H,5H2,1H3. The topological polar surface area (TPSA) is 20.3 Å². The molecule has 112 valence electrons. The summed E-state index contributed by atoms with van der Waals surface area (Å²) in [5.41, 5.74) is -0.344. The van der Waals surface area contributed by atoms with Gasteiger partial charge >= 0.3 is 18.0 Å². The number of hydrogen-bond donors (Lipinski definition) is 0. The van der Waals surface area contributed by atoms with E-state index in [0.29, 0.717) is 7.05 Å². The van der Waals surface area contributed by atoms with Crippen LogP contribution < -0.4 is 0 Å². The molecule has 1 aromatic carbocycles. The van der Waals surface area contributed by atoms with Gasteiger partial charge in [-0.15, -0.1) is 0 Å². The predicted octanol–water partition coefficient (Wildman–Crippen LogP) is 3.64. The van der Waals surface area contributed by atoms with Crippen LogP contribution in [-0.4, -0.2) is 30.0 Å². The maximum atomic E-state index is 13.4. The van der Waals surface area contributed by atoms with E-state index in [4.69, 9.17) is 11.6 Å². The van der Waals surface area contributed by atoms with Gasteiger partial charge in [-0.25, -0.2) is 4.39 Å². The van der Waals surface area contributed by atoms with Gasteiger partial charge in [0.25, 0.3) is 0 Å². The van der Waals surface area contributed by atoms with Gasteiger partial charge in [-0.3, -0.25) is 4.79 Å². The number of nitrogens with zero attached hydrogens (tertiary/aromatic N) is 1. The third kappa shape index (κ3) is 3.17. The molecule has 2 nitrogen and oxygen atoms in total. The Hall–Kier alpha value is -1.44. The normalized spacial score (nSPS) is 12.4. The van der Waals surface area contributed by atoms with Crippen molar-refractivity contribution in [2.75, 3.05) is 7.05 Å². The lowest BCUT2D eigenvalue weighted by Gasteiger charge is -2.25. The molecule has 0 aliphatic carbocycles. The smallest absolute Gasteiger partial charge is 0.336 e. The molecule has 0 aliphatic heterocycles. The fourth-order valence-electron chi connectivity index (χ4n) is 1.35. The summed E-state index contributed by atoms with van der Waals surface area (Å²) in [5, 5.41) is -0.181. The Morgan fingerprint density at radius 2 is 1.80 bits per heavy atom. The number of carbonyl (C=O) groups is 1. The SMILES string of the molecule is CN(Cc1c(F)cccc1Cl)C(=O)C(F)(F)C(F)(F)F. The number of alkyl halides is 5. The van der Waals surface area contributed by atoms with E-state index in [1.807, 2.05) is 0 Å². The molecule has 0 aromatic heterocycles. The molecule has 0 fully saturated rings. The van der Waals surface area contributed by atoms with Crippen molar-refractivity contribution in [3.05, 3.63) is 34.6 Å². The molecule has 0 bridgehead atoms. The predicted molar refractivity (Wildman–Crippen MR) is 58.9 cm³/mol. The minimum atomic E-state index is -6.02. The lowest BCUT2D eigenvalue weighted by atomic mass is 10.2. The van der Waals surface area contributed by atoms with Crippen molar-refractivity contribution >= 4 is 17.5 Å². The maximum absolute atomic E-state index is 13.4. The molecule has 1 aromatic rings. The van der Waals surface area contributed by atoms with E-state index in [9.17, 15) is 31.1 Å². The fraction of sp³-hybridized carbons (Fsp3) is 0.364. The molecular formula is C11H8ClF6NO. The van der Waals surface area contributed by atoms with Crippen molar-refractivity contribution in [2.45, 2.75) is 18.6 Å². The first kappa shape index (κ1) is 16.6. The lowest BCUT2D eigenvalue weighted by Crippen LogP contribution is -2.50. The van der Waals surface area contributed by atoms with Crippen LogP contribution in [0.4, 0.5) is 26.3 Å². The second-order valence-corrected chi connectivity index (χ2v) is 4.34. The largest absolute Gasteiger partial charge is 0.463 e. The Labute approximate surface area is 114 Å². The Bertz CT molecular complexity index is 496. The van der Waals surface area contributed by atoms with Crippen molar-refractivity contribution < 1.29 is 31.1 Å². The third-order valence-electron chi connectivity index (χ3n) is 2.43. The molecule has 0 radical (unpaired) electrons. The van der Waals surface area contributed by atoms with Crippen LogP contribution in [0.5, 0.6) is 0 Å². The van der Waals surface area contributed by atoms with Gasteiger partial charge in [-0.05, 0) is 12.1 Å². The van der Waals surface area contributed by atoms with Crippen LogP contribution in [0, 0.1) is 5.82 Å². The van der Waals surface area contributed by atoms with Crippen molar-refractivity contribution in [1.82, 2.24) is 4.90 Å². The highest BCUT2D eigenvalue weighted by molar-refractivity contribution is 6.31. The summed E-state index contributed by atoms with van der Waals surface area (Å²) in [4.78, 5) is 11.2. The number of amides is 1. The molecular weight excluding hydrogens is 312 g/mol. The van der Waals surface area contributed by atoms with E-state index in [1.165, 1.54) is 12.1 Å². The Kier molecular flexibility index (Phi) is 4.58. The molecule has 0 unspecified atom stereocenters. The number of carbonyl (C=O) groups excluding carboxylic acids is 1. The average molecular weight is 320 g/mol. The summed E-state index contributed by atoms with van der Waals surface area (Å²) >= 11 is 5.59. The molecule has 0 atom stereocenters. The van der Waals surface area contributed by atoms with Gasteiger partial charge in [0.1, 0.15) is 5.82 Å². The van der Waals surface area contributed by atoms with E-state index in [0.717, 1.165) is 6.07 Å². The summed E-state index contributed by atoms with van der Waals surface area (Å²) in [6.07, 6.45) is -6.02. The van der Waals surface area contributed by atoms with E-state index < -0.39 is 30.4 Å². The van der Waals surface area contributed by atoms with Gasteiger partial charge in [0.2, 0.25) is 0 Å². The van der Waals surface area contributed by atoms with Gasteiger partial charge < -0.3 is 4.90 Å². The molecule has 20 heavy (non-hydrogen) atoms. The molecule has 0 N–H and O–H groups in total. The van der Waals surface area contributed by atoms with E-state index in [1.54, 1.807) is 0 Å². The molecule has 0 saturated carbocycles. The number of benzene rings is 1. The molecule has 0 aliphatic rings. The Morgan fingerprint density at radius 1 is 1.25 bits per heavy atom. The summed E-state index contributed by atoms with van der Waals surface area (Å²) in [6.45, 7) is -0.810. The molecule has 0 heterocycles. The zero-order valence-corrected chi connectivity index (χ0v) is 10.7. The molecule has 1 amide bonds. The first-order chi connectivity index (χ1) is 8.98. The van der Waals surface area contributed by atoms with Gasteiger partial charge in [0.05, 0.1) is 0 Å². The molecule has 1 rings (SSSR count). The summed E-state index contributed by atoms with van der Waals surface area (Å²) in [6, 6.07) is 3.40. The highest BCUT2D eigenvalue weighted by atomic mass is 35.5. The number of halogens is 7. The minimum absolute atomic E-state index is 0.0672. The van der Waals surface area contributed by atoms with E-state index >= 15 is 0 Å². The van der Waals surface area contributed by atoms with Crippen molar-refractivity contribution in [2.24, 2.45) is 0 Å². The van der Waals surface area contributed by atoms with E-state index in [2.05, 4.69) is 0 Å². The average Bonchev–Trinajstić information content (AvgIpc) is 2.31. The number of hydrogen-bond acceptors (Lipinski definition) is 1. The molecule has 0 saturated heterocycles. The minimum Gasteiger partial charge on any atom is -0.336 e. The zero-order valence-electron chi connectivity index (χ0n) is 9.94. The van der Waals surface area contributed by atoms with Crippen LogP contribution in [-0.2, 0) is 11.3 Å². The fourth-order valence-corrected chi connectivity index (χ4v) is 1.58. The Morgan fingerprint density at radius 3 is 2.25 bits per heavy atom. The van der Waals surface area contributed by atoms with Crippen LogP contribution in [0.2, 0.25) is 5.02 Å². The maximum Gasteiger partial charge on any atom is 0.463 e. The molecule has 0 spiro atoms. The van der Waals surface area contributed by atoms with Crippen LogP contribution in [0.1, 0.15) is 5.56 Å². The summed E-state index contributed by atoms with van der Waals surface area (Å²) < 4.78 is 75.2. The number of rotatable bonds is 3. The van der Waals surface area contributed by atoms with Crippen LogP contribution in [0.3, 0.4) is 0 Å². The monoisotopic (exact) mass is 319 g/mol. The second kappa shape index (κ2) is 5.51. The van der Waals surface area contributed by atoms with Gasteiger partial charge in [0.15, 0.2) is 0 Å². The third-order valence-corrected chi connectivity index (χ3v) is 2.78. The van der Waals surface area contributed by atoms with Crippen molar-refractivity contribution in [1.29, 1.82) is 0 Å². The first-order valence-electron chi connectivity index (χ1n) is 5.11. The summed E-state index contributed by atoms with van der Waals surface area (Å²) in [7, 11) is 0.699. The van der Waals surface area contributed by atoms with Gasteiger partial charge in [-0.1, -0.05) is 17.7 Å². The Balaban J connectivity index is 2.98. The first-order valence-corrected chi connectivity index (χ1v) is 5.49. The van der Waals surface area contributed by atoms with Crippen LogP contribution in [0.25, 0.3) is 0 Å². The highest BCUT2D eigenvalue weighted by Crippen LogP contribution is 2.37. The van der Waals surface area contributed by atoms with Crippen molar-refractivity contribution in [3.63, 3.8) is 0 Å². The highest BCUT2D eigenvalue weighted by Gasteiger charge is 2.64. The van der Waals surface area contributed by atoms with Crippen molar-refractivity contribution in [3.8, 4) is 0 Å². The van der Waals surface area contributed by atoms with Crippen LogP contribution >= 0.6 is 11.6 Å². The second-order valence-electron chi connectivity index (χ2n) is 3.93.